The molecule has 1 aromatic rings. The highest BCUT2D eigenvalue weighted by Gasteiger charge is 2.05. The quantitative estimate of drug-likeness (QED) is 0.375. The van der Waals surface area contributed by atoms with E-state index >= 15 is 0 Å². The third kappa shape index (κ3) is 9.12. The van der Waals surface area contributed by atoms with E-state index in [4.69, 9.17) is 4.74 Å². The third-order valence-corrected chi connectivity index (χ3v) is 3.47. The van der Waals surface area contributed by atoms with Crippen LogP contribution in [0.1, 0.15) is 25.0 Å². The van der Waals surface area contributed by atoms with Crippen molar-refractivity contribution in [2.75, 3.05) is 34.4 Å². The summed E-state index contributed by atoms with van der Waals surface area (Å²) in [5.74, 6) is 0.792. The van der Waals surface area contributed by atoms with Crippen LogP contribution in [0.2, 0.25) is 0 Å². The van der Waals surface area contributed by atoms with Gasteiger partial charge in [-0.05, 0) is 31.6 Å². The molecule has 5 nitrogen and oxygen atoms in total. The van der Waals surface area contributed by atoms with Gasteiger partial charge in [0.15, 0.2) is 5.96 Å². The molecule has 0 heterocycles. The number of rotatable bonds is 8. The molecule has 2 N–H and O–H groups in total. The molecule has 0 aromatic heterocycles. The largest absolute Gasteiger partial charge is 0.383 e. The zero-order valence-corrected chi connectivity index (χ0v) is 17.3. The number of aliphatic imine (C=N–C) groups is 1. The standard InChI is InChI=1S/C17H30N4O.HI/c1-6-21(4)12-16-9-7-8-15(10-16)11-19-17(18-3)20-14(2)13-22-5;/h7-10,14H,6,11-13H2,1-5H3,(H2,18,19,20);1H. The van der Waals surface area contributed by atoms with Gasteiger partial charge in [-0.2, -0.15) is 0 Å². The van der Waals surface area contributed by atoms with Crippen molar-refractivity contribution in [3.8, 4) is 0 Å². The average Bonchev–Trinajstić information content (AvgIpc) is 2.51. The number of guanidine groups is 1. The van der Waals surface area contributed by atoms with Crippen LogP contribution in [-0.4, -0.2) is 51.3 Å². The monoisotopic (exact) mass is 434 g/mol. The van der Waals surface area contributed by atoms with Gasteiger partial charge in [-0.3, -0.25) is 4.99 Å². The molecule has 1 unspecified atom stereocenters. The molecule has 1 aromatic carbocycles. The molecule has 132 valence electrons. The lowest BCUT2D eigenvalue weighted by molar-refractivity contribution is 0.179. The second-order valence-corrected chi connectivity index (χ2v) is 5.58. The van der Waals surface area contributed by atoms with Crippen molar-refractivity contribution in [2.45, 2.75) is 33.0 Å². The summed E-state index contributed by atoms with van der Waals surface area (Å²) in [4.78, 5) is 6.53. The van der Waals surface area contributed by atoms with E-state index in [1.54, 1.807) is 14.2 Å². The van der Waals surface area contributed by atoms with Crippen molar-refractivity contribution >= 4 is 29.9 Å². The molecule has 0 spiro atoms. The summed E-state index contributed by atoms with van der Waals surface area (Å²) in [7, 11) is 5.61. The maximum Gasteiger partial charge on any atom is 0.191 e. The number of nitrogens with one attached hydrogen (secondary N) is 2. The van der Waals surface area contributed by atoms with E-state index in [9.17, 15) is 0 Å². The van der Waals surface area contributed by atoms with Crippen LogP contribution in [0.3, 0.4) is 0 Å². The van der Waals surface area contributed by atoms with Gasteiger partial charge in [-0.25, -0.2) is 0 Å². The third-order valence-electron chi connectivity index (χ3n) is 3.47. The maximum atomic E-state index is 5.13. The summed E-state index contributed by atoms with van der Waals surface area (Å²) in [5, 5.41) is 6.64. The van der Waals surface area contributed by atoms with Crippen LogP contribution in [0.25, 0.3) is 0 Å². The SMILES string of the molecule is CCN(C)Cc1cccc(CNC(=NC)NC(C)COC)c1.I. The van der Waals surface area contributed by atoms with Crippen molar-refractivity contribution in [2.24, 2.45) is 4.99 Å². The van der Waals surface area contributed by atoms with E-state index in [1.165, 1.54) is 11.1 Å². The van der Waals surface area contributed by atoms with Gasteiger partial charge in [0.2, 0.25) is 0 Å². The van der Waals surface area contributed by atoms with Crippen LogP contribution < -0.4 is 10.6 Å². The van der Waals surface area contributed by atoms with Crippen LogP contribution >= 0.6 is 24.0 Å². The van der Waals surface area contributed by atoms with Crippen LogP contribution in [0.15, 0.2) is 29.3 Å². The Balaban J connectivity index is 0.00000484. The van der Waals surface area contributed by atoms with E-state index in [1.807, 2.05) is 0 Å². The van der Waals surface area contributed by atoms with Gasteiger partial charge in [-0.15, -0.1) is 24.0 Å². The lowest BCUT2D eigenvalue weighted by atomic mass is 10.1. The van der Waals surface area contributed by atoms with Gasteiger partial charge >= 0.3 is 0 Å². The van der Waals surface area contributed by atoms with Gasteiger partial charge in [0, 0.05) is 33.3 Å². The molecule has 23 heavy (non-hydrogen) atoms. The first-order valence-electron chi connectivity index (χ1n) is 7.81. The summed E-state index contributed by atoms with van der Waals surface area (Å²) in [6.07, 6.45) is 0. The van der Waals surface area contributed by atoms with Crippen molar-refractivity contribution in [1.82, 2.24) is 15.5 Å². The molecule has 0 saturated carbocycles. The van der Waals surface area contributed by atoms with Crippen molar-refractivity contribution in [1.29, 1.82) is 0 Å². The van der Waals surface area contributed by atoms with Crippen LogP contribution in [0.4, 0.5) is 0 Å². The lowest BCUT2D eigenvalue weighted by Crippen LogP contribution is -2.43. The normalized spacial score (nSPS) is 12.7. The van der Waals surface area contributed by atoms with Crippen molar-refractivity contribution in [3.63, 3.8) is 0 Å². The number of halogens is 1. The molecule has 0 saturated heterocycles. The van der Waals surface area contributed by atoms with E-state index in [-0.39, 0.29) is 30.0 Å². The summed E-state index contributed by atoms with van der Waals surface area (Å²) >= 11 is 0. The fraction of sp³-hybridized carbons (Fsp3) is 0.588. The molecular formula is C17H31IN4O. The highest BCUT2D eigenvalue weighted by molar-refractivity contribution is 14.0. The van der Waals surface area contributed by atoms with Gasteiger partial charge in [-0.1, -0.05) is 31.2 Å². The molecule has 0 radical (unpaired) electrons. The number of hydrogen-bond donors (Lipinski definition) is 2. The fourth-order valence-electron chi connectivity index (χ4n) is 2.17. The highest BCUT2D eigenvalue weighted by atomic mass is 127. The Labute approximate surface area is 157 Å². The smallest absolute Gasteiger partial charge is 0.191 e. The van der Waals surface area contributed by atoms with Crippen LogP contribution in [0.5, 0.6) is 0 Å². The highest BCUT2D eigenvalue weighted by Crippen LogP contribution is 2.07. The molecule has 6 heteroatoms. The Hall–Kier alpha value is -0.860. The fourth-order valence-corrected chi connectivity index (χ4v) is 2.17. The molecule has 0 fully saturated rings. The van der Waals surface area contributed by atoms with E-state index in [0.717, 1.165) is 25.6 Å². The first-order chi connectivity index (χ1) is 10.6. The average molecular weight is 434 g/mol. The molecule has 1 rings (SSSR count). The predicted molar refractivity (Wildman–Crippen MR) is 109 cm³/mol. The molecule has 0 amide bonds. The van der Waals surface area contributed by atoms with Gasteiger partial charge < -0.3 is 20.3 Å². The first kappa shape index (κ1) is 22.1. The Kier molecular flexibility index (Phi) is 12.1. The zero-order chi connectivity index (χ0) is 16.4. The number of hydrogen-bond acceptors (Lipinski definition) is 3. The minimum absolute atomic E-state index is 0. The molecule has 0 aliphatic rings. The van der Waals surface area contributed by atoms with Gasteiger partial charge in [0.1, 0.15) is 0 Å². The maximum absolute atomic E-state index is 5.13. The van der Waals surface area contributed by atoms with E-state index in [0.29, 0.717) is 6.61 Å². The minimum atomic E-state index is 0. The number of nitrogens with zero attached hydrogens (tertiary/aromatic N) is 2. The lowest BCUT2D eigenvalue weighted by Gasteiger charge is -2.18. The summed E-state index contributed by atoms with van der Waals surface area (Å²) in [5.41, 5.74) is 2.59. The van der Waals surface area contributed by atoms with Gasteiger partial charge in [0.05, 0.1) is 6.61 Å². The molecule has 0 aliphatic carbocycles. The van der Waals surface area contributed by atoms with Gasteiger partial charge in [0.25, 0.3) is 0 Å². The molecular weight excluding hydrogens is 403 g/mol. The van der Waals surface area contributed by atoms with E-state index < -0.39 is 0 Å². The Bertz CT molecular complexity index is 468. The number of benzene rings is 1. The number of ether oxygens (including phenoxy) is 1. The Morgan fingerprint density at radius 2 is 2.04 bits per heavy atom. The van der Waals surface area contributed by atoms with Crippen LogP contribution in [0, 0.1) is 0 Å². The summed E-state index contributed by atoms with van der Waals surface area (Å²) < 4.78 is 5.13. The number of methoxy groups -OCH3 is 1. The second-order valence-electron chi connectivity index (χ2n) is 5.58. The van der Waals surface area contributed by atoms with Crippen molar-refractivity contribution in [3.05, 3.63) is 35.4 Å². The predicted octanol–water partition coefficient (Wildman–Crippen LogP) is 2.46. The van der Waals surface area contributed by atoms with Crippen LogP contribution in [-0.2, 0) is 17.8 Å². The summed E-state index contributed by atoms with van der Waals surface area (Å²) in [6.45, 7) is 7.67. The minimum Gasteiger partial charge on any atom is -0.383 e. The molecule has 0 bridgehead atoms. The Morgan fingerprint density at radius 3 is 2.65 bits per heavy atom. The topological polar surface area (TPSA) is 48.9 Å². The zero-order valence-electron chi connectivity index (χ0n) is 14.9. The second kappa shape index (κ2) is 12.5. The molecule has 0 aliphatic heterocycles. The summed E-state index contributed by atoms with van der Waals surface area (Å²) in [6, 6.07) is 8.88. The Morgan fingerprint density at radius 1 is 1.35 bits per heavy atom. The van der Waals surface area contributed by atoms with E-state index in [2.05, 4.69) is 65.7 Å². The van der Waals surface area contributed by atoms with Crippen molar-refractivity contribution < 1.29 is 4.74 Å². The molecule has 1 atom stereocenters. The first-order valence-corrected chi connectivity index (χ1v) is 7.81.